The van der Waals surface area contributed by atoms with Gasteiger partial charge in [-0.2, -0.15) is 0 Å². The van der Waals surface area contributed by atoms with Crippen molar-refractivity contribution in [1.29, 1.82) is 0 Å². The summed E-state index contributed by atoms with van der Waals surface area (Å²) in [5, 5.41) is 8.91. The maximum Gasteiger partial charge on any atom is 0.119 e. The first kappa shape index (κ1) is 14.5. The van der Waals surface area contributed by atoms with Crippen LogP contribution in [0.25, 0.3) is 0 Å². The van der Waals surface area contributed by atoms with E-state index in [1.165, 1.54) is 0 Å². The zero-order valence-electron chi connectivity index (χ0n) is 10.8. The first-order valence-electron chi connectivity index (χ1n) is 6.01. The fourth-order valence-corrected chi connectivity index (χ4v) is 1.58. The number of aliphatic hydroxyl groups excluding tert-OH is 1. The number of methoxy groups -OCH3 is 1. The predicted octanol–water partition coefficient (Wildman–Crippen LogP) is 1.55. The monoisotopic (exact) mass is 251 g/mol. The molecule has 100 valence electrons. The van der Waals surface area contributed by atoms with E-state index in [9.17, 15) is 0 Å². The minimum atomic E-state index is 0.149. The maximum absolute atomic E-state index is 8.91. The number of hydrogen-bond donors (Lipinski definition) is 1. The SMILES string of the molecule is C=CCN(CCO)CCOc1ccc(OC)cc1. The van der Waals surface area contributed by atoms with E-state index in [2.05, 4.69) is 11.5 Å². The molecule has 0 atom stereocenters. The Morgan fingerprint density at radius 2 is 1.89 bits per heavy atom. The molecule has 4 nitrogen and oxygen atoms in total. The molecule has 0 bridgehead atoms. The second-order valence-corrected chi connectivity index (χ2v) is 3.84. The Labute approximate surface area is 108 Å². The Bertz CT molecular complexity index is 337. The topological polar surface area (TPSA) is 41.9 Å². The van der Waals surface area contributed by atoms with Crippen LogP contribution in [0.1, 0.15) is 0 Å². The van der Waals surface area contributed by atoms with E-state index in [0.717, 1.165) is 24.6 Å². The van der Waals surface area contributed by atoms with Crippen molar-refractivity contribution in [3.05, 3.63) is 36.9 Å². The van der Waals surface area contributed by atoms with Crippen LogP contribution in [0.5, 0.6) is 11.5 Å². The lowest BCUT2D eigenvalue weighted by atomic mass is 10.3. The van der Waals surface area contributed by atoms with E-state index >= 15 is 0 Å². The normalized spacial score (nSPS) is 10.4. The van der Waals surface area contributed by atoms with E-state index in [-0.39, 0.29) is 6.61 Å². The molecule has 0 aliphatic rings. The highest BCUT2D eigenvalue weighted by atomic mass is 16.5. The van der Waals surface area contributed by atoms with Gasteiger partial charge in [0, 0.05) is 19.6 Å². The summed E-state index contributed by atoms with van der Waals surface area (Å²) in [5.74, 6) is 1.63. The maximum atomic E-state index is 8.91. The van der Waals surface area contributed by atoms with Crippen LogP contribution in [-0.2, 0) is 0 Å². The molecule has 0 aliphatic carbocycles. The highest BCUT2D eigenvalue weighted by Gasteiger charge is 2.02. The average Bonchev–Trinajstić information content (AvgIpc) is 2.40. The van der Waals surface area contributed by atoms with Crippen LogP contribution < -0.4 is 9.47 Å². The van der Waals surface area contributed by atoms with Crippen molar-refractivity contribution in [2.45, 2.75) is 0 Å². The third-order valence-electron chi connectivity index (χ3n) is 2.54. The first-order chi connectivity index (χ1) is 8.80. The second-order valence-electron chi connectivity index (χ2n) is 3.84. The van der Waals surface area contributed by atoms with E-state index in [4.69, 9.17) is 14.6 Å². The van der Waals surface area contributed by atoms with Crippen molar-refractivity contribution in [2.24, 2.45) is 0 Å². The molecule has 0 unspecified atom stereocenters. The van der Waals surface area contributed by atoms with Gasteiger partial charge in [0.2, 0.25) is 0 Å². The number of aliphatic hydroxyl groups is 1. The van der Waals surface area contributed by atoms with Gasteiger partial charge in [-0.1, -0.05) is 6.08 Å². The summed E-state index contributed by atoms with van der Waals surface area (Å²) in [7, 11) is 1.64. The fraction of sp³-hybridized carbons (Fsp3) is 0.429. The third kappa shape index (κ3) is 5.21. The van der Waals surface area contributed by atoms with Crippen molar-refractivity contribution in [3.8, 4) is 11.5 Å². The summed E-state index contributed by atoms with van der Waals surface area (Å²) in [4.78, 5) is 2.08. The number of nitrogens with zero attached hydrogens (tertiary/aromatic N) is 1. The summed E-state index contributed by atoms with van der Waals surface area (Å²) < 4.78 is 10.7. The molecular formula is C14H21NO3. The molecule has 0 fully saturated rings. The van der Waals surface area contributed by atoms with Gasteiger partial charge in [-0.05, 0) is 24.3 Å². The van der Waals surface area contributed by atoms with Crippen LogP contribution in [0.3, 0.4) is 0 Å². The number of benzene rings is 1. The fourth-order valence-electron chi connectivity index (χ4n) is 1.58. The Morgan fingerprint density at radius 1 is 1.22 bits per heavy atom. The van der Waals surface area contributed by atoms with Crippen molar-refractivity contribution in [1.82, 2.24) is 4.90 Å². The van der Waals surface area contributed by atoms with Crippen molar-refractivity contribution in [3.63, 3.8) is 0 Å². The van der Waals surface area contributed by atoms with Gasteiger partial charge in [0.1, 0.15) is 18.1 Å². The van der Waals surface area contributed by atoms with Crippen LogP contribution in [0, 0.1) is 0 Å². The lowest BCUT2D eigenvalue weighted by molar-refractivity contribution is 0.180. The molecule has 0 amide bonds. The van der Waals surface area contributed by atoms with Gasteiger partial charge in [-0.25, -0.2) is 0 Å². The summed E-state index contributed by atoms with van der Waals surface area (Å²) in [6, 6.07) is 7.49. The number of ether oxygens (including phenoxy) is 2. The van der Waals surface area contributed by atoms with Gasteiger partial charge in [0.15, 0.2) is 0 Å². The standard InChI is InChI=1S/C14H21NO3/c1-3-8-15(9-11-16)10-12-18-14-6-4-13(17-2)5-7-14/h3-7,16H,1,8-12H2,2H3. The molecule has 0 radical (unpaired) electrons. The molecule has 1 N–H and O–H groups in total. The minimum absolute atomic E-state index is 0.149. The quantitative estimate of drug-likeness (QED) is 0.676. The number of hydrogen-bond acceptors (Lipinski definition) is 4. The van der Waals surface area contributed by atoms with Crippen LogP contribution >= 0.6 is 0 Å². The minimum Gasteiger partial charge on any atom is -0.497 e. The predicted molar refractivity (Wildman–Crippen MR) is 72.2 cm³/mol. The van der Waals surface area contributed by atoms with Gasteiger partial charge in [-0.15, -0.1) is 6.58 Å². The molecule has 0 heterocycles. The zero-order chi connectivity index (χ0) is 13.2. The summed E-state index contributed by atoms with van der Waals surface area (Å²) in [6.45, 7) is 6.58. The summed E-state index contributed by atoms with van der Waals surface area (Å²) >= 11 is 0. The molecule has 1 rings (SSSR count). The van der Waals surface area contributed by atoms with Crippen molar-refractivity contribution >= 4 is 0 Å². The van der Waals surface area contributed by atoms with Gasteiger partial charge in [0.25, 0.3) is 0 Å². The highest BCUT2D eigenvalue weighted by Crippen LogP contribution is 2.16. The second kappa shape index (κ2) is 8.55. The summed E-state index contributed by atoms with van der Waals surface area (Å²) in [5.41, 5.74) is 0. The Morgan fingerprint density at radius 3 is 2.44 bits per heavy atom. The van der Waals surface area contributed by atoms with E-state index < -0.39 is 0 Å². The largest absolute Gasteiger partial charge is 0.497 e. The molecular weight excluding hydrogens is 230 g/mol. The van der Waals surface area contributed by atoms with Crippen molar-refractivity contribution in [2.75, 3.05) is 40.0 Å². The zero-order valence-corrected chi connectivity index (χ0v) is 10.8. The van der Waals surface area contributed by atoms with E-state index in [1.54, 1.807) is 7.11 Å². The smallest absolute Gasteiger partial charge is 0.119 e. The molecule has 0 saturated heterocycles. The highest BCUT2D eigenvalue weighted by molar-refractivity contribution is 5.31. The third-order valence-corrected chi connectivity index (χ3v) is 2.54. The molecule has 0 saturated carbocycles. The van der Waals surface area contributed by atoms with E-state index in [1.807, 2.05) is 30.3 Å². The Balaban J connectivity index is 2.32. The van der Waals surface area contributed by atoms with Gasteiger partial charge in [0.05, 0.1) is 13.7 Å². The molecule has 0 aromatic heterocycles. The van der Waals surface area contributed by atoms with Crippen LogP contribution in [0.15, 0.2) is 36.9 Å². The van der Waals surface area contributed by atoms with Gasteiger partial charge < -0.3 is 14.6 Å². The molecule has 1 aromatic rings. The first-order valence-corrected chi connectivity index (χ1v) is 6.01. The molecule has 4 heteroatoms. The Hall–Kier alpha value is -1.52. The molecule has 1 aromatic carbocycles. The van der Waals surface area contributed by atoms with Gasteiger partial charge >= 0.3 is 0 Å². The van der Waals surface area contributed by atoms with Crippen molar-refractivity contribution < 1.29 is 14.6 Å². The summed E-state index contributed by atoms with van der Waals surface area (Å²) in [6.07, 6.45) is 1.82. The Kier molecular flexibility index (Phi) is 6.91. The van der Waals surface area contributed by atoms with Crippen LogP contribution in [-0.4, -0.2) is 50.0 Å². The average molecular weight is 251 g/mol. The van der Waals surface area contributed by atoms with E-state index in [0.29, 0.717) is 13.2 Å². The lowest BCUT2D eigenvalue weighted by Gasteiger charge is -2.19. The lowest BCUT2D eigenvalue weighted by Crippen LogP contribution is -2.31. The number of rotatable bonds is 9. The molecule has 0 spiro atoms. The van der Waals surface area contributed by atoms with Crippen LogP contribution in [0.2, 0.25) is 0 Å². The molecule has 0 aliphatic heterocycles. The molecule has 18 heavy (non-hydrogen) atoms. The van der Waals surface area contributed by atoms with Crippen LogP contribution in [0.4, 0.5) is 0 Å². The van der Waals surface area contributed by atoms with Gasteiger partial charge in [-0.3, -0.25) is 4.90 Å².